The largest absolute Gasteiger partial charge is 0.476 e. The zero-order valence-corrected chi connectivity index (χ0v) is 13.3. The van der Waals surface area contributed by atoms with Crippen molar-refractivity contribution < 1.29 is 9.47 Å². The Morgan fingerprint density at radius 1 is 1.19 bits per heavy atom. The monoisotopic (exact) mass is 326 g/mol. The molecule has 0 aliphatic heterocycles. The summed E-state index contributed by atoms with van der Waals surface area (Å²) in [6.45, 7) is 4.61. The van der Waals surface area contributed by atoms with Crippen LogP contribution in [0.3, 0.4) is 0 Å². The van der Waals surface area contributed by atoms with Crippen LogP contribution in [0, 0.1) is 5.92 Å². The highest BCUT2D eigenvalue weighted by Crippen LogP contribution is 2.32. The van der Waals surface area contributed by atoms with Crippen molar-refractivity contribution in [2.24, 2.45) is 5.92 Å². The standard InChI is InChI=1S/C15H16Cl2N2O2/c1-9(2)8-20-15-12(18)5-6-14(19-15)21-13-7-10(16)3-4-11(13)17/h3-7,9H,8,18H2,1-2H3. The van der Waals surface area contributed by atoms with Crippen LogP contribution in [0.1, 0.15) is 13.8 Å². The predicted octanol–water partition coefficient (Wildman–Crippen LogP) is 4.80. The van der Waals surface area contributed by atoms with Gasteiger partial charge in [0.25, 0.3) is 0 Å². The Bertz CT molecular complexity index is 633. The Labute approximate surface area is 133 Å². The fraction of sp³-hybridized carbons (Fsp3) is 0.267. The summed E-state index contributed by atoms with van der Waals surface area (Å²) in [6.07, 6.45) is 0. The number of ether oxygens (including phenoxy) is 2. The third-order valence-corrected chi connectivity index (χ3v) is 3.07. The molecule has 6 heteroatoms. The van der Waals surface area contributed by atoms with Crippen molar-refractivity contribution in [3.8, 4) is 17.5 Å². The summed E-state index contributed by atoms with van der Waals surface area (Å²) in [5.41, 5.74) is 6.29. The SMILES string of the molecule is CC(C)COc1nc(Oc2cc(Cl)ccc2Cl)ccc1N. The van der Waals surface area contributed by atoms with Crippen LogP contribution in [0.15, 0.2) is 30.3 Å². The summed E-state index contributed by atoms with van der Waals surface area (Å²) in [7, 11) is 0. The maximum Gasteiger partial charge on any atom is 0.240 e. The van der Waals surface area contributed by atoms with Crippen LogP contribution in [0.2, 0.25) is 10.0 Å². The lowest BCUT2D eigenvalue weighted by Gasteiger charge is -2.12. The predicted molar refractivity (Wildman–Crippen MR) is 85.5 cm³/mol. The van der Waals surface area contributed by atoms with Gasteiger partial charge < -0.3 is 15.2 Å². The fourth-order valence-electron chi connectivity index (χ4n) is 1.52. The summed E-state index contributed by atoms with van der Waals surface area (Å²) in [4.78, 5) is 4.24. The molecular weight excluding hydrogens is 311 g/mol. The van der Waals surface area contributed by atoms with Gasteiger partial charge in [0.05, 0.1) is 17.3 Å². The molecule has 0 aliphatic rings. The summed E-state index contributed by atoms with van der Waals surface area (Å²) in [5.74, 6) is 1.49. The molecule has 0 aliphatic carbocycles. The van der Waals surface area contributed by atoms with Gasteiger partial charge in [0.2, 0.25) is 11.8 Å². The number of halogens is 2. The second-order valence-electron chi connectivity index (χ2n) is 4.93. The molecule has 0 bridgehead atoms. The van der Waals surface area contributed by atoms with Gasteiger partial charge in [-0.1, -0.05) is 37.0 Å². The minimum absolute atomic E-state index is 0.340. The van der Waals surface area contributed by atoms with Crippen LogP contribution >= 0.6 is 23.2 Å². The highest BCUT2D eigenvalue weighted by molar-refractivity contribution is 6.34. The molecule has 0 atom stereocenters. The van der Waals surface area contributed by atoms with E-state index in [1.807, 2.05) is 13.8 Å². The van der Waals surface area contributed by atoms with Crippen molar-refractivity contribution in [3.63, 3.8) is 0 Å². The summed E-state index contributed by atoms with van der Waals surface area (Å²) in [5, 5.41) is 0.976. The molecule has 0 saturated heterocycles. The lowest BCUT2D eigenvalue weighted by molar-refractivity contribution is 0.260. The van der Waals surface area contributed by atoms with E-state index in [9.17, 15) is 0 Å². The first-order chi connectivity index (χ1) is 9.95. The van der Waals surface area contributed by atoms with Crippen molar-refractivity contribution in [2.45, 2.75) is 13.8 Å². The zero-order valence-electron chi connectivity index (χ0n) is 11.8. The number of anilines is 1. The van der Waals surface area contributed by atoms with Gasteiger partial charge in [-0.3, -0.25) is 0 Å². The number of benzene rings is 1. The van der Waals surface area contributed by atoms with Gasteiger partial charge >= 0.3 is 0 Å². The highest BCUT2D eigenvalue weighted by Gasteiger charge is 2.09. The van der Waals surface area contributed by atoms with E-state index in [2.05, 4.69) is 4.98 Å². The van der Waals surface area contributed by atoms with Crippen LogP contribution in [0.5, 0.6) is 17.5 Å². The number of pyridine rings is 1. The number of nitrogens with two attached hydrogens (primary N) is 1. The molecule has 0 saturated carbocycles. The quantitative estimate of drug-likeness (QED) is 0.857. The van der Waals surface area contributed by atoms with E-state index in [0.717, 1.165) is 0 Å². The molecule has 4 nitrogen and oxygen atoms in total. The van der Waals surface area contributed by atoms with E-state index in [4.69, 9.17) is 38.4 Å². The number of aromatic nitrogens is 1. The van der Waals surface area contributed by atoms with Gasteiger partial charge in [-0.15, -0.1) is 0 Å². The molecule has 0 radical (unpaired) electrons. The Morgan fingerprint density at radius 2 is 1.95 bits per heavy atom. The van der Waals surface area contributed by atoms with Gasteiger partial charge in [-0.2, -0.15) is 4.98 Å². The molecule has 0 fully saturated rings. The maximum absolute atomic E-state index is 6.05. The lowest BCUT2D eigenvalue weighted by atomic mass is 10.2. The lowest BCUT2D eigenvalue weighted by Crippen LogP contribution is -2.07. The van der Waals surface area contributed by atoms with E-state index in [-0.39, 0.29) is 0 Å². The number of nitrogen functional groups attached to an aromatic ring is 1. The van der Waals surface area contributed by atoms with Gasteiger partial charge in [0, 0.05) is 17.2 Å². The molecule has 0 amide bonds. The second-order valence-corrected chi connectivity index (χ2v) is 5.77. The van der Waals surface area contributed by atoms with Crippen molar-refractivity contribution in [3.05, 3.63) is 40.4 Å². The van der Waals surface area contributed by atoms with Crippen molar-refractivity contribution in [1.82, 2.24) is 4.98 Å². The van der Waals surface area contributed by atoms with Gasteiger partial charge in [-0.05, 0) is 24.1 Å². The molecule has 2 N–H and O–H groups in total. The molecular formula is C15H16Cl2N2O2. The molecule has 21 heavy (non-hydrogen) atoms. The minimum atomic E-state index is 0.340. The van der Waals surface area contributed by atoms with Gasteiger partial charge in [-0.25, -0.2) is 0 Å². The molecule has 1 aromatic heterocycles. The van der Waals surface area contributed by atoms with E-state index < -0.39 is 0 Å². The molecule has 2 aromatic rings. The molecule has 0 spiro atoms. The summed E-state index contributed by atoms with van der Waals surface area (Å²) in [6, 6.07) is 8.29. The van der Waals surface area contributed by atoms with Crippen molar-refractivity contribution >= 4 is 28.9 Å². The normalized spacial score (nSPS) is 10.7. The average molecular weight is 327 g/mol. The van der Waals surface area contributed by atoms with Crippen LogP contribution < -0.4 is 15.2 Å². The molecule has 0 unspecified atom stereocenters. The Morgan fingerprint density at radius 3 is 2.67 bits per heavy atom. The third-order valence-electron chi connectivity index (χ3n) is 2.53. The Kier molecular flexibility index (Phi) is 5.15. The first-order valence-electron chi connectivity index (χ1n) is 6.48. The van der Waals surface area contributed by atoms with E-state index in [1.165, 1.54) is 0 Å². The van der Waals surface area contributed by atoms with E-state index >= 15 is 0 Å². The van der Waals surface area contributed by atoms with Crippen LogP contribution in [-0.2, 0) is 0 Å². The summed E-state index contributed by atoms with van der Waals surface area (Å²) < 4.78 is 11.2. The van der Waals surface area contributed by atoms with Crippen molar-refractivity contribution in [2.75, 3.05) is 12.3 Å². The molecule has 1 heterocycles. The van der Waals surface area contributed by atoms with E-state index in [0.29, 0.717) is 45.8 Å². The topological polar surface area (TPSA) is 57.4 Å². The molecule has 112 valence electrons. The van der Waals surface area contributed by atoms with Crippen LogP contribution in [0.4, 0.5) is 5.69 Å². The summed E-state index contributed by atoms with van der Waals surface area (Å²) >= 11 is 12.0. The first kappa shape index (κ1) is 15.7. The number of nitrogens with zero attached hydrogens (tertiary/aromatic N) is 1. The Hall–Kier alpha value is -1.65. The molecule has 2 rings (SSSR count). The third kappa shape index (κ3) is 4.41. The zero-order chi connectivity index (χ0) is 15.4. The van der Waals surface area contributed by atoms with Gasteiger partial charge in [0.15, 0.2) is 0 Å². The van der Waals surface area contributed by atoms with Gasteiger partial charge in [0.1, 0.15) is 5.75 Å². The maximum atomic E-state index is 6.05. The highest BCUT2D eigenvalue weighted by atomic mass is 35.5. The van der Waals surface area contributed by atoms with Crippen LogP contribution in [-0.4, -0.2) is 11.6 Å². The number of hydrogen-bond acceptors (Lipinski definition) is 4. The van der Waals surface area contributed by atoms with E-state index in [1.54, 1.807) is 30.3 Å². The minimum Gasteiger partial charge on any atom is -0.476 e. The number of rotatable bonds is 5. The van der Waals surface area contributed by atoms with Crippen molar-refractivity contribution in [1.29, 1.82) is 0 Å². The molecule has 1 aromatic carbocycles. The number of hydrogen-bond donors (Lipinski definition) is 1. The second kappa shape index (κ2) is 6.87. The smallest absolute Gasteiger partial charge is 0.240 e. The first-order valence-corrected chi connectivity index (χ1v) is 7.23. The fourth-order valence-corrected chi connectivity index (χ4v) is 1.84. The average Bonchev–Trinajstić information content (AvgIpc) is 2.43. The Balaban J connectivity index is 2.20. The van der Waals surface area contributed by atoms with Crippen LogP contribution in [0.25, 0.3) is 0 Å².